The number of carbonyl (C=O) groups is 4. The molecule has 0 saturated carbocycles. The summed E-state index contributed by atoms with van der Waals surface area (Å²) in [5.74, 6) is 4.87. The first-order valence-electron chi connectivity index (χ1n) is 41.0. The molecule has 634 valence electrons. The Bertz CT molecular complexity index is 4900. The van der Waals surface area contributed by atoms with Crippen molar-refractivity contribution in [2.24, 2.45) is 0 Å². The third-order valence-corrected chi connectivity index (χ3v) is 20.9. The zero-order valence-corrected chi connectivity index (χ0v) is 72.9. The second kappa shape index (κ2) is 45.9. The fraction of sp³-hybridized carbons (Fsp3) is 0.541. The van der Waals surface area contributed by atoms with Crippen LogP contribution in [0.3, 0.4) is 0 Å². The first kappa shape index (κ1) is 95.4. The van der Waals surface area contributed by atoms with Crippen molar-refractivity contribution < 1.29 is 19.2 Å². The largest absolute Gasteiger partial charge is 0.397 e. The molecule has 0 aromatic carbocycles. The molecule has 32 heteroatoms. The normalized spacial score (nSPS) is 13.7. The molecular formula is C85H126Cl2N26O4. The Hall–Kier alpha value is -10.5. The van der Waals surface area contributed by atoms with Gasteiger partial charge in [0, 0.05) is 78.2 Å². The van der Waals surface area contributed by atoms with E-state index in [-0.39, 0.29) is 80.6 Å². The molecule has 0 saturated heterocycles. The summed E-state index contributed by atoms with van der Waals surface area (Å²) in [6.07, 6.45) is 32.5. The van der Waals surface area contributed by atoms with Crippen molar-refractivity contribution >= 4 is 166 Å². The fourth-order valence-corrected chi connectivity index (χ4v) is 13.6. The van der Waals surface area contributed by atoms with E-state index in [1.165, 1.54) is 6.42 Å². The smallest absolute Gasteiger partial charge is 0.222 e. The molecule has 117 heavy (non-hydrogen) atoms. The first-order chi connectivity index (χ1) is 55.5. The first-order valence-corrected chi connectivity index (χ1v) is 41.8. The second-order valence-corrected chi connectivity index (χ2v) is 32.8. The van der Waals surface area contributed by atoms with Crippen LogP contribution < -0.4 is 61.0 Å². The highest BCUT2D eigenvalue weighted by atomic mass is 35.5. The Kier molecular flexibility index (Phi) is 37.4. The lowest BCUT2D eigenvalue weighted by Crippen LogP contribution is -2.36. The number of halogens is 2. The number of carbonyl (C=O) groups excluding carboxylic acids is 4. The van der Waals surface area contributed by atoms with Crippen molar-refractivity contribution in [3.8, 4) is 0 Å². The third kappa shape index (κ3) is 31.5. The van der Waals surface area contributed by atoms with Gasteiger partial charge in [0.2, 0.25) is 29.7 Å². The molecule has 10 aromatic heterocycles. The molecule has 0 aliphatic carbocycles. The molecule has 0 fully saturated rings. The van der Waals surface area contributed by atoms with Crippen LogP contribution in [-0.4, -0.2) is 126 Å². The molecule has 0 bridgehead atoms. The van der Waals surface area contributed by atoms with Crippen LogP contribution in [0.2, 0.25) is 10.0 Å². The summed E-state index contributed by atoms with van der Waals surface area (Å²) in [5.41, 5.74) is 41.1. The maximum absolute atomic E-state index is 11.5. The summed E-state index contributed by atoms with van der Waals surface area (Å²) in [6.45, 7) is 30.2. The number of hydrogen-bond acceptors (Lipinski definition) is 30. The SMILES string of the molecule is CCCCC[C@@](C)(CCC(C)=O)Nc1nc(N)nc2cc(Cl)cnc12.CCCCC[C@@](C)(CCC(C)=O)Nc1nc(N)nc2cccnc12.CCCC[C@@](C)(CC)Nc1nc(N)nc2cc(Cl)cnc12.CCCC[C@@](C)(CCC(C)=O)Nc1nc(N)nc2cc(N)cnc12.CCCC[C@@](C)(CCC(C)=O)Nc1nc(N)nc2cccnc12. The van der Waals surface area contributed by atoms with Gasteiger partial charge in [-0.05, 0) is 169 Å². The lowest BCUT2D eigenvalue weighted by atomic mass is 9.88. The highest BCUT2D eigenvalue weighted by Gasteiger charge is 2.31. The van der Waals surface area contributed by atoms with Crippen molar-refractivity contribution in [3.05, 3.63) is 83.5 Å². The average molecular weight is 1650 g/mol. The second-order valence-electron chi connectivity index (χ2n) is 31.9. The van der Waals surface area contributed by atoms with Gasteiger partial charge in [0.05, 0.1) is 49.5 Å². The zero-order chi connectivity index (χ0) is 86.1. The maximum atomic E-state index is 11.5. The van der Waals surface area contributed by atoms with E-state index in [9.17, 15) is 19.2 Å². The van der Waals surface area contributed by atoms with E-state index in [4.69, 9.17) is 57.6 Å². The van der Waals surface area contributed by atoms with E-state index in [1.54, 1.807) is 76.9 Å². The number of fused-ring (bicyclic) bond motifs is 5. The standard InChI is InChI=1S/C18H26ClN5O.C18H27N5O.C17H26N6O.C17H25N5O.C15H22ClN5/c1-4-5-6-8-18(3,9-7-12(2)25)24-16-15-14(22-17(20)23-16)10-13(19)11-21-15;1-4-5-6-10-18(3,11-9-13(2)24)23-16-15-14(8-7-12-20-15)21-17(19)22-16;1-4-5-7-17(3,8-6-11(2)24)23-15-14-13(21-16(19)22-15)9-12(18)10-20-14;1-4-5-9-17(3,10-8-12(2)23)22-15-14-13(7-6-11-19-14)20-16(18)21-15;1-4-6-7-15(3,5-2)21-13-12-11(19-14(17)20-13)8-10(16)9-18-12/h10-11H,4-9H2,1-3H3,(H3,20,22,23,24);7-8,12H,4-6,9-11H2,1-3H3,(H3,19,21,22,23);9-10H,4-8,18H2,1-3H3,(H3,19,21,22,23);6-7,11H,4-5,8-10H2,1-3H3,(H3,18,20,21,22);8-9H,4-7H2,1-3H3,(H3,17,19,20,21)/t2*18-;2*17-;15-/m00001/s1. The predicted molar refractivity (Wildman–Crippen MR) is 480 cm³/mol. The summed E-state index contributed by atoms with van der Waals surface area (Å²) in [7, 11) is 0. The van der Waals surface area contributed by atoms with E-state index in [2.05, 4.69) is 178 Å². The molecule has 17 N–H and O–H groups in total. The van der Waals surface area contributed by atoms with E-state index in [0.29, 0.717) is 120 Å². The number of Topliss-reactive ketones (excluding diaryl/α,β-unsaturated/α-hetero) is 4. The number of nitrogens with one attached hydrogen (secondary N) is 5. The van der Waals surface area contributed by atoms with Gasteiger partial charge in [0.15, 0.2) is 29.1 Å². The maximum Gasteiger partial charge on any atom is 0.222 e. The number of anilines is 11. The van der Waals surface area contributed by atoms with Crippen LogP contribution in [0.4, 0.5) is 64.5 Å². The quantitative estimate of drug-likeness (QED) is 0.0159. The molecule has 10 rings (SSSR count). The average Bonchev–Trinajstić information content (AvgIpc) is 0.788. The van der Waals surface area contributed by atoms with Gasteiger partial charge in [-0.25, -0.2) is 39.9 Å². The number of nitrogens with zero attached hydrogens (tertiary/aromatic N) is 15. The number of nitrogens with two attached hydrogens (primary N) is 6. The summed E-state index contributed by atoms with van der Waals surface area (Å²) in [5, 5.41) is 18.5. The molecule has 5 atom stereocenters. The van der Waals surface area contributed by atoms with Crippen LogP contribution in [0.1, 0.15) is 271 Å². The predicted octanol–water partition coefficient (Wildman–Crippen LogP) is 18.4. The Balaban J connectivity index is 0.000000227. The van der Waals surface area contributed by atoms with Gasteiger partial charge in [-0.15, -0.1) is 0 Å². The molecule has 30 nitrogen and oxygen atoms in total. The van der Waals surface area contributed by atoms with Crippen LogP contribution in [0.5, 0.6) is 0 Å². The van der Waals surface area contributed by atoms with Crippen LogP contribution >= 0.6 is 23.2 Å². The molecule has 0 amide bonds. The number of pyridine rings is 5. The molecule has 0 radical (unpaired) electrons. The van der Waals surface area contributed by atoms with Gasteiger partial charge in [-0.3, -0.25) is 9.97 Å². The van der Waals surface area contributed by atoms with Gasteiger partial charge in [-0.2, -0.15) is 24.9 Å². The van der Waals surface area contributed by atoms with E-state index in [1.807, 2.05) is 24.3 Å². The summed E-state index contributed by atoms with van der Waals surface area (Å²) < 4.78 is 0. The molecule has 0 spiro atoms. The molecular weight excluding hydrogens is 1520 g/mol. The number of hydrogen-bond donors (Lipinski definition) is 11. The number of nitrogen functional groups attached to an aromatic ring is 6. The number of aromatic nitrogens is 15. The molecule has 0 unspecified atom stereocenters. The minimum absolute atomic E-state index is 0.0367. The van der Waals surface area contributed by atoms with Crippen LogP contribution in [-0.2, 0) is 19.2 Å². The van der Waals surface area contributed by atoms with E-state index in [0.717, 1.165) is 140 Å². The number of ketones is 4. The zero-order valence-electron chi connectivity index (χ0n) is 71.4. The Morgan fingerprint density at radius 2 is 0.581 bits per heavy atom. The lowest BCUT2D eigenvalue weighted by Gasteiger charge is -2.32. The number of unbranched alkanes of at least 4 members (excludes halogenated alkanes) is 7. The Labute approximate surface area is 699 Å². The van der Waals surface area contributed by atoms with Gasteiger partial charge in [0.25, 0.3) is 0 Å². The highest BCUT2D eigenvalue weighted by molar-refractivity contribution is 6.31. The van der Waals surface area contributed by atoms with Gasteiger partial charge in [0.1, 0.15) is 50.7 Å². The van der Waals surface area contributed by atoms with Gasteiger partial charge >= 0.3 is 0 Å². The van der Waals surface area contributed by atoms with Crippen LogP contribution in [0, 0.1) is 0 Å². The van der Waals surface area contributed by atoms with Crippen molar-refractivity contribution in [2.45, 2.75) is 298 Å². The van der Waals surface area contributed by atoms with E-state index < -0.39 is 0 Å². The topological polar surface area (TPSA) is 478 Å². The third-order valence-electron chi connectivity index (χ3n) is 20.5. The molecule has 10 heterocycles. The Morgan fingerprint density at radius 1 is 0.325 bits per heavy atom. The summed E-state index contributed by atoms with van der Waals surface area (Å²) >= 11 is 12.0. The van der Waals surface area contributed by atoms with Crippen molar-refractivity contribution in [1.82, 2.24) is 74.8 Å². The highest BCUT2D eigenvalue weighted by Crippen LogP contribution is 2.36. The lowest BCUT2D eigenvalue weighted by molar-refractivity contribution is -0.118. The van der Waals surface area contributed by atoms with Crippen LogP contribution in [0.25, 0.3) is 55.2 Å². The van der Waals surface area contributed by atoms with Crippen LogP contribution in [0.15, 0.2) is 73.4 Å². The Morgan fingerprint density at radius 3 is 0.872 bits per heavy atom. The monoisotopic (exact) mass is 1640 g/mol. The molecule has 0 aliphatic rings. The van der Waals surface area contributed by atoms with Crippen molar-refractivity contribution in [3.63, 3.8) is 0 Å². The molecule has 0 aliphatic heterocycles. The summed E-state index contributed by atoms with van der Waals surface area (Å²) in [4.78, 5) is 110. The van der Waals surface area contributed by atoms with Crippen molar-refractivity contribution in [2.75, 3.05) is 61.0 Å². The fourth-order valence-electron chi connectivity index (χ4n) is 13.3. The summed E-state index contributed by atoms with van der Waals surface area (Å²) in [6, 6.07) is 12.6. The van der Waals surface area contributed by atoms with Gasteiger partial charge < -0.3 is 80.2 Å². The minimum atomic E-state index is -0.268. The van der Waals surface area contributed by atoms with Gasteiger partial charge in [-0.1, -0.05) is 142 Å². The number of rotatable bonds is 40. The van der Waals surface area contributed by atoms with E-state index >= 15 is 0 Å². The van der Waals surface area contributed by atoms with Crippen molar-refractivity contribution in [1.29, 1.82) is 0 Å². The minimum Gasteiger partial charge on any atom is -0.397 e. The molecule has 10 aromatic rings.